The zero-order chi connectivity index (χ0) is 11.1. The van der Waals surface area contributed by atoms with Crippen molar-refractivity contribution in [1.82, 2.24) is 0 Å². The summed E-state index contributed by atoms with van der Waals surface area (Å²) in [5.74, 6) is 1.67. The molecule has 2 rings (SSSR count). The van der Waals surface area contributed by atoms with E-state index in [1.54, 1.807) is 5.57 Å². The molecule has 0 aromatic heterocycles. The largest absolute Gasteiger partial charge is 0.0999 e. The van der Waals surface area contributed by atoms with Crippen molar-refractivity contribution in [1.29, 1.82) is 0 Å². The van der Waals surface area contributed by atoms with Crippen LogP contribution in [0.3, 0.4) is 0 Å². The summed E-state index contributed by atoms with van der Waals surface area (Å²) < 4.78 is 0. The Balaban J connectivity index is 2.23. The summed E-state index contributed by atoms with van der Waals surface area (Å²) in [5, 5.41) is 0. The molecule has 0 aromatic rings. The van der Waals surface area contributed by atoms with Crippen molar-refractivity contribution in [2.24, 2.45) is 17.3 Å². The fraction of sp³-hybridized carbons (Fsp3) is 0.733. The first-order chi connectivity index (χ1) is 7.06. The summed E-state index contributed by atoms with van der Waals surface area (Å²) in [5.41, 5.74) is 3.62. The molecule has 0 nitrogen and oxygen atoms in total. The SMILES string of the molecule is C=C(C)[C@H]1CC[C@@]2(C1)C(C)=CCC[C@H]2C. The van der Waals surface area contributed by atoms with Crippen LogP contribution in [0.2, 0.25) is 0 Å². The van der Waals surface area contributed by atoms with Gasteiger partial charge in [-0.3, -0.25) is 0 Å². The number of rotatable bonds is 1. The summed E-state index contributed by atoms with van der Waals surface area (Å²) in [6.07, 6.45) is 9.30. The van der Waals surface area contributed by atoms with E-state index in [1.807, 2.05) is 0 Å². The standard InChI is InChI=1S/C15H24/c1-11(2)14-8-9-15(10-14)12(3)6-5-7-13(15)4/h6,13-14H,1,5,7-10H2,2-4H3/t13-,14+,15-/m1/s1. The predicted molar refractivity (Wildman–Crippen MR) is 66.7 cm³/mol. The molecule has 1 spiro atoms. The Morgan fingerprint density at radius 2 is 2.20 bits per heavy atom. The van der Waals surface area contributed by atoms with Crippen LogP contribution in [0.5, 0.6) is 0 Å². The lowest BCUT2D eigenvalue weighted by molar-refractivity contribution is 0.204. The van der Waals surface area contributed by atoms with Crippen LogP contribution in [0, 0.1) is 17.3 Å². The van der Waals surface area contributed by atoms with Gasteiger partial charge in [0.2, 0.25) is 0 Å². The van der Waals surface area contributed by atoms with Gasteiger partial charge in [-0.15, -0.1) is 0 Å². The minimum absolute atomic E-state index is 0.544. The van der Waals surface area contributed by atoms with Crippen molar-refractivity contribution in [2.45, 2.75) is 52.9 Å². The van der Waals surface area contributed by atoms with Gasteiger partial charge in [0.25, 0.3) is 0 Å². The summed E-state index contributed by atoms with van der Waals surface area (Å²) >= 11 is 0. The number of hydrogen-bond donors (Lipinski definition) is 0. The van der Waals surface area contributed by atoms with Crippen molar-refractivity contribution in [2.75, 3.05) is 0 Å². The van der Waals surface area contributed by atoms with Crippen molar-refractivity contribution >= 4 is 0 Å². The van der Waals surface area contributed by atoms with Crippen LogP contribution in [0.4, 0.5) is 0 Å². The molecule has 1 saturated carbocycles. The molecule has 0 aliphatic heterocycles. The molecule has 0 saturated heterocycles. The molecule has 1 fully saturated rings. The molecule has 84 valence electrons. The third-order valence-corrected chi connectivity index (χ3v) is 5.03. The Labute approximate surface area is 94.5 Å². The Morgan fingerprint density at radius 1 is 1.47 bits per heavy atom. The summed E-state index contributed by atoms with van der Waals surface area (Å²) in [6, 6.07) is 0. The van der Waals surface area contributed by atoms with Gasteiger partial charge >= 0.3 is 0 Å². The molecule has 0 N–H and O–H groups in total. The molecule has 0 amide bonds. The van der Waals surface area contributed by atoms with Gasteiger partial charge in [-0.05, 0) is 63.2 Å². The van der Waals surface area contributed by atoms with E-state index in [0.717, 1.165) is 11.8 Å². The predicted octanol–water partition coefficient (Wildman–Crippen LogP) is 4.73. The Kier molecular flexibility index (Phi) is 2.79. The summed E-state index contributed by atoms with van der Waals surface area (Å²) in [4.78, 5) is 0. The van der Waals surface area contributed by atoms with Crippen LogP contribution in [-0.2, 0) is 0 Å². The van der Waals surface area contributed by atoms with Crippen LogP contribution >= 0.6 is 0 Å². The van der Waals surface area contributed by atoms with E-state index in [4.69, 9.17) is 0 Å². The maximum Gasteiger partial charge on any atom is -0.00592 e. The summed E-state index contributed by atoms with van der Waals surface area (Å²) in [6.45, 7) is 11.2. The molecule has 0 heterocycles. The minimum Gasteiger partial charge on any atom is -0.0999 e. The van der Waals surface area contributed by atoms with E-state index in [2.05, 4.69) is 33.4 Å². The zero-order valence-corrected chi connectivity index (χ0v) is 10.5. The van der Waals surface area contributed by atoms with Gasteiger partial charge in [0.15, 0.2) is 0 Å². The normalized spacial score (nSPS) is 40.6. The van der Waals surface area contributed by atoms with Gasteiger partial charge in [0, 0.05) is 0 Å². The summed E-state index contributed by atoms with van der Waals surface area (Å²) in [7, 11) is 0. The highest BCUT2D eigenvalue weighted by Crippen LogP contribution is 2.56. The number of allylic oxidation sites excluding steroid dienone is 3. The fourth-order valence-corrected chi connectivity index (χ4v) is 3.72. The molecule has 15 heavy (non-hydrogen) atoms. The second kappa shape index (κ2) is 3.81. The quantitative estimate of drug-likeness (QED) is 0.542. The van der Waals surface area contributed by atoms with Gasteiger partial charge in [-0.1, -0.05) is 30.7 Å². The van der Waals surface area contributed by atoms with Crippen molar-refractivity contribution in [3.05, 3.63) is 23.8 Å². The maximum atomic E-state index is 4.15. The first-order valence-electron chi connectivity index (χ1n) is 6.39. The van der Waals surface area contributed by atoms with Crippen LogP contribution < -0.4 is 0 Å². The zero-order valence-electron chi connectivity index (χ0n) is 10.5. The second-order valence-electron chi connectivity index (χ2n) is 5.81. The topological polar surface area (TPSA) is 0 Å². The first kappa shape index (κ1) is 11.0. The fourth-order valence-electron chi connectivity index (χ4n) is 3.72. The van der Waals surface area contributed by atoms with Crippen molar-refractivity contribution in [3.63, 3.8) is 0 Å². The highest BCUT2D eigenvalue weighted by Gasteiger charge is 2.45. The van der Waals surface area contributed by atoms with Crippen LogP contribution in [0.25, 0.3) is 0 Å². The Morgan fingerprint density at radius 3 is 2.73 bits per heavy atom. The van der Waals surface area contributed by atoms with Crippen LogP contribution in [0.1, 0.15) is 52.9 Å². The molecule has 0 unspecified atom stereocenters. The average molecular weight is 204 g/mol. The molecule has 3 atom stereocenters. The maximum absolute atomic E-state index is 4.15. The molecule has 0 bridgehead atoms. The van der Waals surface area contributed by atoms with E-state index < -0.39 is 0 Å². The van der Waals surface area contributed by atoms with Gasteiger partial charge in [0.05, 0.1) is 0 Å². The second-order valence-corrected chi connectivity index (χ2v) is 5.81. The van der Waals surface area contributed by atoms with E-state index in [0.29, 0.717) is 5.41 Å². The smallest absolute Gasteiger partial charge is 0.00592 e. The molecule has 2 aliphatic rings. The van der Waals surface area contributed by atoms with E-state index in [9.17, 15) is 0 Å². The van der Waals surface area contributed by atoms with Gasteiger partial charge < -0.3 is 0 Å². The highest BCUT2D eigenvalue weighted by molar-refractivity contribution is 5.21. The Bertz CT molecular complexity index is 297. The third kappa shape index (κ3) is 1.68. The molecule has 0 radical (unpaired) electrons. The average Bonchev–Trinajstić information content (AvgIpc) is 2.61. The Hall–Kier alpha value is -0.520. The molecular weight excluding hydrogens is 180 g/mol. The van der Waals surface area contributed by atoms with Gasteiger partial charge in [0.1, 0.15) is 0 Å². The molecule has 0 heteroatoms. The van der Waals surface area contributed by atoms with Crippen molar-refractivity contribution < 1.29 is 0 Å². The first-order valence-corrected chi connectivity index (χ1v) is 6.39. The minimum atomic E-state index is 0.544. The lowest BCUT2D eigenvalue weighted by Crippen LogP contribution is -2.30. The van der Waals surface area contributed by atoms with E-state index in [-0.39, 0.29) is 0 Å². The number of hydrogen-bond acceptors (Lipinski definition) is 0. The molecule has 0 aromatic carbocycles. The van der Waals surface area contributed by atoms with Gasteiger partial charge in [-0.2, -0.15) is 0 Å². The molecular formula is C15H24. The lowest BCUT2D eigenvalue weighted by atomic mass is 9.64. The monoisotopic (exact) mass is 204 g/mol. The highest BCUT2D eigenvalue weighted by atomic mass is 14.5. The third-order valence-electron chi connectivity index (χ3n) is 5.03. The van der Waals surface area contributed by atoms with E-state index >= 15 is 0 Å². The van der Waals surface area contributed by atoms with Crippen LogP contribution in [-0.4, -0.2) is 0 Å². The van der Waals surface area contributed by atoms with Crippen molar-refractivity contribution in [3.8, 4) is 0 Å². The van der Waals surface area contributed by atoms with Crippen LogP contribution in [0.15, 0.2) is 23.8 Å². The van der Waals surface area contributed by atoms with E-state index in [1.165, 1.54) is 37.7 Å². The lowest BCUT2D eigenvalue weighted by Gasteiger charge is -2.40. The van der Waals surface area contributed by atoms with Gasteiger partial charge in [-0.25, -0.2) is 0 Å². The molecule has 2 aliphatic carbocycles.